The van der Waals surface area contributed by atoms with Gasteiger partial charge >= 0.3 is 0 Å². The summed E-state index contributed by atoms with van der Waals surface area (Å²) in [6.07, 6.45) is 1.90. The van der Waals surface area contributed by atoms with Crippen LogP contribution in [0.1, 0.15) is 5.01 Å². The largest absolute Gasteiger partial charge is 0.237 e. The lowest BCUT2D eigenvalue weighted by atomic mass is 10.3. The number of benzene rings is 1. The Labute approximate surface area is 80.2 Å². The van der Waals surface area contributed by atoms with E-state index in [4.69, 9.17) is 0 Å². The summed E-state index contributed by atoms with van der Waals surface area (Å²) < 4.78 is 1.22. The molecule has 2 rings (SSSR count). The van der Waals surface area contributed by atoms with Crippen molar-refractivity contribution in [3.05, 3.63) is 34.7 Å². The highest BCUT2D eigenvalue weighted by Crippen LogP contribution is 2.22. The molecule has 0 N–H and O–H groups in total. The van der Waals surface area contributed by atoms with Crippen molar-refractivity contribution < 1.29 is 0 Å². The normalized spacial score (nSPS) is 11.4. The molecule has 1 aromatic carbocycles. The molecule has 0 saturated heterocycles. The third-order valence-electron chi connectivity index (χ3n) is 1.53. The van der Waals surface area contributed by atoms with E-state index >= 15 is 0 Å². The highest BCUT2D eigenvalue weighted by atomic mass is 32.1. The van der Waals surface area contributed by atoms with E-state index in [-0.39, 0.29) is 0 Å². The molecule has 0 fully saturated rings. The summed E-state index contributed by atoms with van der Waals surface area (Å²) in [5.74, 6) is 0. The van der Waals surface area contributed by atoms with Crippen molar-refractivity contribution in [2.45, 2.75) is 0 Å². The molecule has 0 amide bonds. The number of hydrogen-bond donors (Lipinski definition) is 1. The SMILES string of the molecule is SC=Cc1nc2ccccc2s1. The number of nitrogens with zero attached hydrogens (tertiary/aromatic N) is 1. The minimum atomic E-state index is 1.01. The molecule has 0 aliphatic heterocycles. The third-order valence-corrected chi connectivity index (χ3v) is 2.68. The Hall–Kier alpha value is -0.800. The van der Waals surface area contributed by atoms with Crippen LogP contribution in [0, 0.1) is 0 Å². The van der Waals surface area contributed by atoms with Crippen molar-refractivity contribution in [1.82, 2.24) is 4.98 Å². The lowest BCUT2D eigenvalue weighted by Crippen LogP contribution is -1.66. The maximum atomic E-state index is 4.39. The van der Waals surface area contributed by atoms with Crippen LogP contribution in [0.25, 0.3) is 16.3 Å². The van der Waals surface area contributed by atoms with Gasteiger partial charge in [0.25, 0.3) is 0 Å². The first-order valence-electron chi connectivity index (χ1n) is 3.56. The van der Waals surface area contributed by atoms with E-state index in [1.807, 2.05) is 24.3 Å². The zero-order valence-electron chi connectivity index (χ0n) is 6.27. The van der Waals surface area contributed by atoms with Crippen LogP contribution in [0.2, 0.25) is 0 Å². The van der Waals surface area contributed by atoms with Crippen LogP contribution in [0.3, 0.4) is 0 Å². The minimum Gasteiger partial charge on any atom is -0.237 e. The van der Waals surface area contributed by atoms with E-state index < -0.39 is 0 Å². The Morgan fingerprint density at radius 1 is 1.33 bits per heavy atom. The Bertz CT molecular complexity index is 384. The Kier molecular flexibility index (Phi) is 2.15. The number of hydrogen-bond acceptors (Lipinski definition) is 3. The number of rotatable bonds is 1. The Morgan fingerprint density at radius 3 is 2.92 bits per heavy atom. The quantitative estimate of drug-likeness (QED) is 0.686. The molecule has 1 aromatic heterocycles. The van der Waals surface area contributed by atoms with Gasteiger partial charge in [-0.1, -0.05) is 12.1 Å². The summed E-state index contributed by atoms with van der Waals surface area (Å²) in [7, 11) is 0. The van der Waals surface area contributed by atoms with Gasteiger partial charge in [0.2, 0.25) is 0 Å². The summed E-state index contributed by atoms with van der Waals surface area (Å²) in [4.78, 5) is 4.39. The fourth-order valence-corrected chi connectivity index (χ4v) is 2.14. The summed E-state index contributed by atoms with van der Waals surface area (Å²) in [6.45, 7) is 0. The molecule has 0 unspecified atom stereocenters. The second-order valence-electron chi connectivity index (χ2n) is 2.34. The Morgan fingerprint density at radius 2 is 2.17 bits per heavy atom. The van der Waals surface area contributed by atoms with Gasteiger partial charge in [0.15, 0.2) is 0 Å². The molecule has 12 heavy (non-hydrogen) atoms. The first-order chi connectivity index (χ1) is 5.90. The van der Waals surface area contributed by atoms with Gasteiger partial charge in [-0.3, -0.25) is 0 Å². The van der Waals surface area contributed by atoms with Crippen LogP contribution in [0.15, 0.2) is 29.7 Å². The van der Waals surface area contributed by atoms with E-state index in [0.717, 1.165) is 10.5 Å². The standard InChI is InChI=1S/C9H7NS2/c11-6-5-9-10-7-3-1-2-4-8(7)12-9/h1-6,11H. The molecule has 3 heteroatoms. The lowest BCUT2D eigenvalue weighted by Gasteiger charge is -1.80. The minimum absolute atomic E-state index is 1.01. The summed E-state index contributed by atoms with van der Waals surface area (Å²) in [6, 6.07) is 8.11. The number of thiol groups is 1. The van der Waals surface area contributed by atoms with Crippen molar-refractivity contribution in [3.63, 3.8) is 0 Å². The van der Waals surface area contributed by atoms with Gasteiger partial charge in [-0.25, -0.2) is 4.98 Å². The molecule has 1 heterocycles. The zero-order chi connectivity index (χ0) is 8.39. The van der Waals surface area contributed by atoms with Crippen molar-refractivity contribution in [1.29, 1.82) is 0 Å². The lowest BCUT2D eigenvalue weighted by molar-refractivity contribution is 1.46. The second kappa shape index (κ2) is 3.29. The average molecular weight is 193 g/mol. The smallest absolute Gasteiger partial charge is 0.117 e. The van der Waals surface area contributed by atoms with Gasteiger partial charge in [-0.05, 0) is 23.6 Å². The zero-order valence-corrected chi connectivity index (χ0v) is 7.98. The van der Waals surface area contributed by atoms with Gasteiger partial charge in [0.1, 0.15) is 5.01 Å². The summed E-state index contributed by atoms with van der Waals surface area (Å²) in [5, 5.41) is 2.71. The molecule has 0 atom stereocenters. The van der Waals surface area contributed by atoms with E-state index in [2.05, 4.69) is 23.7 Å². The van der Waals surface area contributed by atoms with Gasteiger partial charge in [-0.2, -0.15) is 12.6 Å². The summed E-state index contributed by atoms with van der Waals surface area (Å²) in [5.41, 5.74) is 1.06. The predicted molar refractivity (Wildman–Crippen MR) is 57.6 cm³/mol. The first kappa shape index (κ1) is 7.83. The Balaban J connectivity index is 2.62. The van der Waals surface area contributed by atoms with Crippen molar-refractivity contribution in [2.24, 2.45) is 0 Å². The maximum Gasteiger partial charge on any atom is 0.117 e. The fraction of sp³-hybridized carbons (Fsp3) is 0. The molecule has 0 spiro atoms. The highest BCUT2D eigenvalue weighted by molar-refractivity contribution is 7.83. The van der Waals surface area contributed by atoms with Crippen LogP contribution in [-0.4, -0.2) is 4.98 Å². The van der Waals surface area contributed by atoms with E-state index in [0.29, 0.717) is 0 Å². The molecule has 0 saturated carbocycles. The monoisotopic (exact) mass is 193 g/mol. The van der Waals surface area contributed by atoms with Crippen LogP contribution < -0.4 is 0 Å². The molecule has 0 radical (unpaired) electrons. The molecule has 0 aliphatic carbocycles. The van der Waals surface area contributed by atoms with E-state index in [1.165, 1.54) is 4.70 Å². The average Bonchev–Trinajstić information content (AvgIpc) is 2.47. The first-order valence-corrected chi connectivity index (χ1v) is 4.90. The molecule has 1 nitrogen and oxygen atoms in total. The summed E-state index contributed by atoms with van der Waals surface area (Å²) >= 11 is 5.67. The molecule has 60 valence electrons. The van der Waals surface area contributed by atoms with E-state index in [1.54, 1.807) is 16.7 Å². The number of thiazole rings is 1. The molecule has 0 bridgehead atoms. The molecular formula is C9H7NS2. The topological polar surface area (TPSA) is 12.9 Å². The van der Waals surface area contributed by atoms with Crippen LogP contribution in [-0.2, 0) is 0 Å². The fourth-order valence-electron chi connectivity index (χ4n) is 1.03. The van der Waals surface area contributed by atoms with E-state index in [9.17, 15) is 0 Å². The molecule has 0 aliphatic rings. The highest BCUT2D eigenvalue weighted by Gasteiger charge is 1.97. The van der Waals surface area contributed by atoms with Gasteiger partial charge < -0.3 is 0 Å². The number of aromatic nitrogens is 1. The molecular weight excluding hydrogens is 186 g/mol. The second-order valence-corrected chi connectivity index (χ2v) is 3.70. The molecule has 2 aromatic rings. The van der Waals surface area contributed by atoms with Gasteiger partial charge in [0.05, 0.1) is 10.2 Å². The maximum absolute atomic E-state index is 4.39. The van der Waals surface area contributed by atoms with Crippen molar-refractivity contribution in [3.8, 4) is 0 Å². The third kappa shape index (κ3) is 1.38. The van der Waals surface area contributed by atoms with Crippen molar-refractivity contribution in [2.75, 3.05) is 0 Å². The predicted octanol–water partition coefficient (Wildman–Crippen LogP) is 3.20. The van der Waals surface area contributed by atoms with Gasteiger partial charge in [-0.15, -0.1) is 11.3 Å². The van der Waals surface area contributed by atoms with Crippen LogP contribution in [0.4, 0.5) is 0 Å². The van der Waals surface area contributed by atoms with Crippen LogP contribution in [0.5, 0.6) is 0 Å². The van der Waals surface area contributed by atoms with Gasteiger partial charge in [0, 0.05) is 0 Å². The number of para-hydroxylation sites is 1. The van der Waals surface area contributed by atoms with Crippen LogP contribution >= 0.6 is 24.0 Å². The van der Waals surface area contributed by atoms with Crippen molar-refractivity contribution >= 4 is 40.3 Å². The number of fused-ring (bicyclic) bond motifs is 1.